The molecule has 0 N–H and O–H groups in total. The zero-order chi connectivity index (χ0) is 12.1. The van der Waals surface area contributed by atoms with E-state index in [1.807, 2.05) is 54.6 Å². The summed E-state index contributed by atoms with van der Waals surface area (Å²) >= 11 is 0. The van der Waals surface area contributed by atoms with Gasteiger partial charge in [0.1, 0.15) is 17.3 Å². The van der Waals surface area contributed by atoms with Crippen LogP contribution in [0.15, 0.2) is 54.6 Å². The van der Waals surface area contributed by atoms with Gasteiger partial charge in [0.05, 0.1) is 0 Å². The summed E-state index contributed by atoms with van der Waals surface area (Å²) < 4.78 is 5.65. The molecule has 0 saturated heterocycles. The van der Waals surface area contributed by atoms with Crippen molar-refractivity contribution in [3.8, 4) is 11.5 Å². The normalized spacial score (nSPS) is 9.94. The topological polar surface area (TPSA) is 26.3 Å². The van der Waals surface area contributed by atoms with Crippen molar-refractivity contribution in [2.45, 2.75) is 13.3 Å². The Morgan fingerprint density at radius 2 is 1.53 bits per heavy atom. The quantitative estimate of drug-likeness (QED) is 0.796. The highest BCUT2D eigenvalue weighted by Gasteiger charge is 1.99. The molecule has 0 amide bonds. The minimum absolute atomic E-state index is 0.168. The lowest BCUT2D eigenvalue weighted by atomic mass is 10.1. The summed E-state index contributed by atoms with van der Waals surface area (Å²) in [4.78, 5) is 11.0. The third kappa shape index (κ3) is 3.45. The molecule has 2 rings (SSSR count). The van der Waals surface area contributed by atoms with E-state index in [9.17, 15) is 4.79 Å². The smallest absolute Gasteiger partial charge is 0.134 e. The molecule has 0 saturated carbocycles. The second kappa shape index (κ2) is 5.30. The van der Waals surface area contributed by atoms with Gasteiger partial charge in [0, 0.05) is 6.42 Å². The van der Waals surface area contributed by atoms with Crippen LogP contribution in [0.1, 0.15) is 12.5 Å². The maximum Gasteiger partial charge on any atom is 0.134 e. The van der Waals surface area contributed by atoms with Crippen molar-refractivity contribution in [2.24, 2.45) is 0 Å². The van der Waals surface area contributed by atoms with Gasteiger partial charge < -0.3 is 4.74 Å². The van der Waals surface area contributed by atoms with Gasteiger partial charge in [-0.1, -0.05) is 30.3 Å². The Balaban J connectivity index is 2.06. The molecule has 2 aromatic carbocycles. The molecule has 0 bridgehead atoms. The number of benzene rings is 2. The van der Waals surface area contributed by atoms with E-state index in [2.05, 4.69) is 0 Å². The largest absolute Gasteiger partial charge is 0.457 e. The summed E-state index contributed by atoms with van der Waals surface area (Å²) in [6.07, 6.45) is 0.478. The minimum atomic E-state index is 0.168. The molecule has 2 aromatic rings. The van der Waals surface area contributed by atoms with Crippen molar-refractivity contribution < 1.29 is 9.53 Å². The minimum Gasteiger partial charge on any atom is -0.457 e. The van der Waals surface area contributed by atoms with Gasteiger partial charge in [-0.25, -0.2) is 0 Å². The summed E-state index contributed by atoms with van der Waals surface area (Å²) in [5.41, 5.74) is 1.01. The number of Topliss-reactive ketones (excluding diaryl/α,β-unsaturated/α-hetero) is 1. The summed E-state index contributed by atoms with van der Waals surface area (Å²) in [7, 11) is 0. The molecule has 0 aliphatic carbocycles. The molecule has 0 spiro atoms. The summed E-state index contributed by atoms with van der Waals surface area (Å²) in [6.45, 7) is 1.59. The molecule has 0 aliphatic heterocycles. The molecular weight excluding hydrogens is 212 g/mol. The SMILES string of the molecule is CC(=O)Cc1ccc(Oc2ccccc2)cc1. The molecule has 0 unspecified atom stereocenters. The average molecular weight is 226 g/mol. The van der Waals surface area contributed by atoms with Crippen molar-refractivity contribution >= 4 is 5.78 Å². The Morgan fingerprint density at radius 3 is 2.12 bits per heavy atom. The van der Waals surface area contributed by atoms with Gasteiger partial charge in [-0.15, -0.1) is 0 Å². The van der Waals surface area contributed by atoms with Crippen molar-refractivity contribution in [1.29, 1.82) is 0 Å². The highest BCUT2D eigenvalue weighted by Crippen LogP contribution is 2.21. The van der Waals surface area contributed by atoms with Crippen LogP contribution < -0.4 is 4.74 Å². The van der Waals surface area contributed by atoms with Crippen LogP contribution in [0.25, 0.3) is 0 Å². The van der Waals surface area contributed by atoms with Crippen LogP contribution in [-0.2, 0) is 11.2 Å². The van der Waals surface area contributed by atoms with Crippen LogP contribution in [0.5, 0.6) is 11.5 Å². The van der Waals surface area contributed by atoms with Gasteiger partial charge in [-0.3, -0.25) is 4.79 Å². The highest BCUT2D eigenvalue weighted by atomic mass is 16.5. The molecule has 0 heterocycles. The molecular formula is C15H14O2. The monoisotopic (exact) mass is 226 g/mol. The van der Waals surface area contributed by atoms with E-state index in [0.717, 1.165) is 17.1 Å². The number of ether oxygens (including phenoxy) is 1. The van der Waals surface area contributed by atoms with E-state index in [4.69, 9.17) is 4.74 Å². The van der Waals surface area contributed by atoms with Crippen LogP contribution in [0.2, 0.25) is 0 Å². The first-order chi connectivity index (χ1) is 8.24. The lowest BCUT2D eigenvalue weighted by Crippen LogP contribution is -1.95. The lowest BCUT2D eigenvalue weighted by Gasteiger charge is -2.05. The number of carbonyl (C=O) groups excluding carboxylic acids is 1. The van der Waals surface area contributed by atoms with Crippen LogP contribution in [0.3, 0.4) is 0 Å². The van der Waals surface area contributed by atoms with Gasteiger partial charge in [-0.2, -0.15) is 0 Å². The predicted octanol–water partition coefficient (Wildman–Crippen LogP) is 3.61. The number of rotatable bonds is 4. The fourth-order valence-electron chi connectivity index (χ4n) is 1.59. The van der Waals surface area contributed by atoms with Crippen molar-refractivity contribution in [1.82, 2.24) is 0 Å². The Morgan fingerprint density at radius 1 is 0.941 bits per heavy atom. The maximum absolute atomic E-state index is 11.0. The number of ketones is 1. The van der Waals surface area contributed by atoms with E-state index >= 15 is 0 Å². The standard InChI is InChI=1S/C15H14O2/c1-12(16)11-13-7-9-15(10-8-13)17-14-5-3-2-4-6-14/h2-10H,11H2,1H3. The fourth-order valence-corrected chi connectivity index (χ4v) is 1.59. The number of para-hydroxylation sites is 1. The second-order valence-corrected chi connectivity index (χ2v) is 3.94. The van der Waals surface area contributed by atoms with E-state index in [-0.39, 0.29) is 5.78 Å². The first-order valence-corrected chi connectivity index (χ1v) is 5.55. The van der Waals surface area contributed by atoms with E-state index in [1.54, 1.807) is 6.92 Å². The van der Waals surface area contributed by atoms with E-state index < -0.39 is 0 Å². The molecule has 0 atom stereocenters. The van der Waals surface area contributed by atoms with E-state index in [0.29, 0.717) is 6.42 Å². The van der Waals surface area contributed by atoms with Gasteiger partial charge in [0.2, 0.25) is 0 Å². The maximum atomic E-state index is 11.0. The zero-order valence-electron chi connectivity index (χ0n) is 9.72. The molecule has 0 aromatic heterocycles. The number of carbonyl (C=O) groups is 1. The Bertz CT molecular complexity index is 486. The molecule has 2 heteroatoms. The van der Waals surface area contributed by atoms with Gasteiger partial charge >= 0.3 is 0 Å². The first kappa shape index (κ1) is 11.4. The second-order valence-electron chi connectivity index (χ2n) is 3.94. The molecule has 2 nitrogen and oxygen atoms in total. The lowest BCUT2D eigenvalue weighted by molar-refractivity contribution is -0.116. The summed E-state index contributed by atoms with van der Waals surface area (Å²) in [6, 6.07) is 17.2. The fraction of sp³-hybridized carbons (Fsp3) is 0.133. The molecule has 0 fully saturated rings. The highest BCUT2D eigenvalue weighted by molar-refractivity contribution is 5.78. The molecule has 0 aliphatic rings. The van der Waals surface area contributed by atoms with E-state index in [1.165, 1.54) is 0 Å². The molecule has 86 valence electrons. The average Bonchev–Trinajstić information content (AvgIpc) is 2.32. The van der Waals surface area contributed by atoms with Crippen LogP contribution in [0.4, 0.5) is 0 Å². The van der Waals surface area contributed by atoms with Gasteiger partial charge in [0.15, 0.2) is 0 Å². The Hall–Kier alpha value is -2.09. The third-order valence-electron chi connectivity index (χ3n) is 2.36. The van der Waals surface area contributed by atoms with Crippen molar-refractivity contribution in [3.05, 3.63) is 60.2 Å². The van der Waals surface area contributed by atoms with Crippen molar-refractivity contribution in [3.63, 3.8) is 0 Å². The summed E-state index contributed by atoms with van der Waals surface area (Å²) in [5, 5.41) is 0. The van der Waals surface area contributed by atoms with Gasteiger partial charge in [-0.05, 0) is 36.8 Å². The van der Waals surface area contributed by atoms with Crippen LogP contribution in [-0.4, -0.2) is 5.78 Å². The van der Waals surface area contributed by atoms with Gasteiger partial charge in [0.25, 0.3) is 0 Å². The summed E-state index contributed by atoms with van der Waals surface area (Å²) in [5.74, 6) is 1.76. The van der Waals surface area contributed by atoms with Crippen molar-refractivity contribution in [2.75, 3.05) is 0 Å². The molecule has 17 heavy (non-hydrogen) atoms. The van der Waals surface area contributed by atoms with Crippen LogP contribution in [0, 0.1) is 0 Å². The zero-order valence-corrected chi connectivity index (χ0v) is 9.72. The van der Waals surface area contributed by atoms with Crippen LogP contribution >= 0.6 is 0 Å². The Kier molecular flexibility index (Phi) is 3.55. The Labute approximate surface area is 101 Å². The molecule has 0 radical (unpaired) electrons. The third-order valence-corrected chi connectivity index (χ3v) is 2.36. The number of hydrogen-bond donors (Lipinski definition) is 0. The number of hydrogen-bond acceptors (Lipinski definition) is 2. The predicted molar refractivity (Wildman–Crippen MR) is 67.3 cm³/mol. The first-order valence-electron chi connectivity index (χ1n) is 5.55.